The van der Waals surface area contributed by atoms with Crippen molar-refractivity contribution >= 4 is 0 Å². The summed E-state index contributed by atoms with van der Waals surface area (Å²) in [6.07, 6.45) is 4.26. The first-order valence-corrected chi connectivity index (χ1v) is 6.56. The van der Waals surface area contributed by atoms with Crippen molar-refractivity contribution in [1.29, 1.82) is 0 Å². The normalized spacial score (nSPS) is 16.0. The molecule has 1 aliphatic heterocycles. The maximum Gasteiger partial charge on any atom is 0.124 e. The van der Waals surface area contributed by atoms with Gasteiger partial charge in [0.2, 0.25) is 0 Å². The quantitative estimate of drug-likeness (QED) is 0.838. The summed E-state index contributed by atoms with van der Waals surface area (Å²) in [5.74, 6) is 1.93. The molecular formula is C15H21NO2. The van der Waals surface area contributed by atoms with Gasteiger partial charge in [-0.3, -0.25) is 0 Å². The average molecular weight is 247 g/mol. The highest BCUT2D eigenvalue weighted by atomic mass is 16.5. The molecule has 3 heteroatoms. The first-order valence-electron chi connectivity index (χ1n) is 6.56. The van der Waals surface area contributed by atoms with Gasteiger partial charge in [0.25, 0.3) is 0 Å². The standard InChI is InChI=1S/C15H21NO2/c1-3-10-16-15(14-9-6-11-18-14)12-7-4-5-8-13(12)17-2/h4-5,7-9,15-16H,3,6,10-11H2,1-2H3. The molecule has 1 unspecified atom stereocenters. The first-order chi connectivity index (χ1) is 8.86. The molecule has 1 heterocycles. The van der Waals surface area contributed by atoms with Crippen molar-refractivity contribution in [2.75, 3.05) is 20.3 Å². The summed E-state index contributed by atoms with van der Waals surface area (Å²) in [4.78, 5) is 0. The minimum atomic E-state index is 0.101. The Morgan fingerprint density at radius 3 is 2.89 bits per heavy atom. The third kappa shape index (κ3) is 2.85. The van der Waals surface area contributed by atoms with E-state index in [-0.39, 0.29) is 6.04 Å². The second-order valence-electron chi connectivity index (χ2n) is 4.37. The van der Waals surface area contributed by atoms with Crippen molar-refractivity contribution in [3.05, 3.63) is 41.7 Å². The molecule has 0 bridgehead atoms. The summed E-state index contributed by atoms with van der Waals surface area (Å²) >= 11 is 0. The molecular weight excluding hydrogens is 226 g/mol. The number of hydrogen-bond acceptors (Lipinski definition) is 3. The zero-order chi connectivity index (χ0) is 12.8. The molecule has 0 amide bonds. The van der Waals surface area contributed by atoms with Crippen LogP contribution in [-0.4, -0.2) is 20.3 Å². The van der Waals surface area contributed by atoms with Crippen LogP contribution in [0, 0.1) is 0 Å². The fourth-order valence-corrected chi connectivity index (χ4v) is 2.20. The zero-order valence-corrected chi connectivity index (χ0v) is 11.1. The molecule has 98 valence electrons. The van der Waals surface area contributed by atoms with Gasteiger partial charge < -0.3 is 14.8 Å². The van der Waals surface area contributed by atoms with E-state index in [1.165, 1.54) is 0 Å². The molecule has 0 fully saturated rings. The van der Waals surface area contributed by atoms with Gasteiger partial charge in [0.15, 0.2) is 0 Å². The number of rotatable bonds is 6. The monoisotopic (exact) mass is 247 g/mol. The van der Waals surface area contributed by atoms with Gasteiger partial charge in [0.05, 0.1) is 19.8 Å². The van der Waals surface area contributed by atoms with E-state index < -0.39 is 0 Å². The largest absolute Gasteiger partial charge is 0.496 e. The Morgan fingerprint density at radius 2 is 2.22 bits per heavy atom. The molecule has 0 radical (unpaired) electrons. The van der Waals surface area contributed by atoms with Crippen LogP contribution in [0.25, 0.3) is 0 Å². The lowest BCUT2D eigenvalue weighted by molar-refractivity contribution is 0.214. The van der Waals surface area contributed by atoms with Crippen molar-refractivity contribution in [3.63, 3.8) is 0 Å². The molecule has 1 atom stereocenters. The molecule has 1 aromatic carbocycles. The Morgan fingerprint density at radius 1 is 1.39 bits per heavy atom. The van der Waals surface area contributed by atoms with Crippen molar-refractivity contribution in [2.45, 2.75) is 25.8 Å². The SMILES string of the molecule is CCCNC(C1=CCCO1)c1ccccc1OC. The molecule has 0 spiro atoms. The number of para-hydroxylation sites is 1. The highest BCUT2D eigenvalue weighted by Gasteiger charge is 2.22. The molecule has 1 aliphatic rings. The van der Waals surface area contributed by atoms with E-state index >= 15 is 0 Å². The van der Waals surface area contributed by atoms with E-state index in [2.05, 4.69) is 24.4 Å². The van der Waals surface area contributed by atoms with Crippen LogP contribution in [0.15, 0.2) is 36.1 Å². The molecule has 3 nitrogen and oxygen atoms in total. The van der Waals surface area contributed by atoms with E-state index in [4.69, 9.17) is 9.47 Å². The molecule has 18 heavy (non-hydrogen) atoms. The Balaban J connectivity index is 2.26. The lowest BCUT2D eigenvalue weighted by Crippen LogP contribution is -2.24. The fraction of sp³-hybridized carbons (Fsp3) is 0.467. The van der Waals surface area contributed by atoms with Crippen molar-refractivity contribution in [2.24, 2.45) is 0 Å². The summed E-state index contributed by atoms with van der Waals surface area (Å²) in [5, 5.41) is 3.53. The van der Waals surface area contributed by atoms with Crippen LogP contribution in [-0.2, 0) is 4.74 Å². The highest BCUT2D eigenvalue weighted by molar-refractivity contribution is 5.39. The molecule has 1 aromatic rings. The van der Waals surface area contributed by atoms with Gasteiger partial charge in [0.1, 0.15) is 11.5 Å². The molecule has 2 rings (SSSR count). The van der Waals surface area contributed by atoms with Crippen LogP contribution < -0.4 is 10.1 Å². The zero-order valence-electron chi connectivity index (χ0n) is 11.1. The average Bonchev–Trinajstić information content (AvgIpc) is 2.94. The second-order valence-corrected chi connectivity index (χ2v) is 4.37. The summed E-state index contributed by atoms with van der Waals surface area (Å²) in [7, 11) is 1.71. The summed E-state index contributed by atoms with van der Waals surface area (Å²) in [6, 6.07) is 8.21. The first kappa shape index (κ1) is 13.0. The summed E-state index contributed by atoms with van der Waals surface area (Å²) < 4.78 is 11.2. The van der Waals surface area contributed by atoms with Crippen molar-refractivity contribution in [3.8, 4) is 5.75 Å². The topological polar surface area (TPSA) is 30.5 Å². The third-order valence-corrected chi connectivity index (χ3v) is 3.07. The van der Waals surface area contributed by atoms with Gasteiger partial charge in [0, 0.05) is 12.0 Å². The van der Waals surface area contributed by atoms with E-state index in [0.29, 0.717) is 0 Å². The smallest absolute Gasteiger partial charge is 0.124 e. The van der Waals surface area contributed by atoms with Gasteiger partial charge in [-0.2, -0.15) is 0 Å². The number of nitrogens with one attached hydrogen (secondary N) is 1. The second kappa shape index (κ2) is 6.45. The van der Waals surface area contributed by atoms with Crippen LogP contribution in [0.5, 0.6) is 5.75 Å². The van der Waals surface area contributed by atoms with Crippen molar-refractivity contribution < 1.29 is 9.47 Å². The van der Waals surface area contributed by atoms with Crippen LogP contribution in [0.1, 0.15) is 31.4 Å². The highest BCUT2D eigenvalue weighted by Crippen LogP contribution is 2.32. The number of hydrogen-bond donors (Lipinski definition) is 1. The Hall–Kier alpha value is -1.48. The molecule has 0 saturated heterocycles. The molecule has 0 aliphatic carbocycles. The number of benzene rings is 1. The van der Waals surface area contributed by atoms with Crippen LogP contribution in [0.3, 0.4) is 0 Å². The van der Waals surface area contributed by atoms with E-state index in [1.54, 1.807) is 7.11 Å². The van der Waals surface area contributed by atoms with E-state index in [1.807, 2.05) is 18.2 Å². The molecule has 0 aromatic heterocycles. The summed E-state index contributed by atoms with van der Waals surface area (Å²) in [5.41, 5.74) is 1.14. The minimum absolute atomic E-state index is 0.101. The number of methoxy groups -OCH3 is 1. The van der Waals surface area contributed by atoms with Gasteiger partial charge in [-0.1, -0.05) is 25.1 Å². The van der Waals surface area contributed by atoms with E-state index in [0.717, 1.165) is 43.1 Å². The third-order valence-electron chi connectivity index (χ3n) is 3.07. The van der Waals surface area contributed by atoms with Gasteiger partial charge >= 0.3 is 0 Å². The van der Waals surface area contributed by atoms with Gasteiger partial charge in [-0.25, -0.2) is 0 Å². The van der Waals surface area contributed by atoms with Gasteiger partial charge in [-0.15, -0.1) is 0 Å². The fourth-order valence-electron chi connectivity index (χ4n) is 2.20. The minimum Gasteiger partial charge on any atom is -0.496 e. The van der Waals surface area contributed by atoms with Gasteiger partial charge in [-0.05, 0) is 25.1 Å². The van der Waals surface area contributed by atoms with E-state index in [9.17, 15) is 0 Å². The Bertz CT molecular complexity index is 415. The molecule has 0 saturated carbocycles. The predicted molar refractivity (Wildman–Crippen MR) is 72.7 cm³/mol. The maximum absolute atomic E-state index is 5.71. The maximum atomic E-state index is 5.71. The van der Waals surface area contributed by atoms with Crippen LogP contribution in [0.4, 0.5) is 0 Å². The Labute approximate surface area is 109 Å². The summed E-state index contributed by atoms with van der Waals surface area (Å²) in [6.45, 7) is 3.91. The lowest BCUT2D eigenvalue weighted by atomic mass is 10.0. The lowest BCUT2D eigenvalue weighted by Gasteiger charge is -2.22. The van der Waals surface area contributed by atoms with Crippen LogP contribution >= 0.6 is 0 Å². The Kier molecular flexibility index (Phi) is 4.65. The molecule has 1 N–H and O–H groups in total. The predicted octanol–water partition coefficient (Wildman–Crippen LogP) is 3.04. The van der Waals surface area contributed by atoms with Crippen molar-refractivity contribution in [1.82, 2.24) is 5.32 Å². The number of ether oxygens (including phenoxy) is 2. The van der Waals surface area contributed by atoms with Crippen LogP contribution in [0.2, 0.25) is 0 Å².